The molecule has 0 bridgehead atoms. The van der Waals surface area contributed by atoms with Gasteiger partial charge in [-0.3, -0.25) is 9.48 Å². The summed E-state index contributed by atoms with van der Waals surface area (Å²) >= 11 is 0. The maximum Gasteiger partial charge on any atom is 0.300 e. The molecule has 3 heterocycles. The number of nitrogens with zero attached hydrogens (tertiary/aromatic N) is 3. The second kappa shape index (κ2) is 7.09. The highest BCUT2D eigenvalue weighted by molar-refractivity contribution is 7.90. The van der Waals surface area contributed by atoms with Crippen LogP contribution in [-0.4, -0.2) is 37.2 Å². The molecule has 160 valence electrons. The lowest BCUT2D eigenvalue weighted by molar-refractivity contribution is 0.0956. The zero-order valence-electron chi connectivity index (χ0n) is 16.6. The Balaban J connectivity index is 1.48. The molecule has 5 rings (SSSR count). The van der Waals surface area contributed by atoms with Gasteiger partial charge in [0, 0.05) is 42.8 Å². The number of aryl methyl sites for hydroxylation is 1. The van der Waals surface area contributed by atoms with E-state index in [2.05, 4.69) is 5.10 Å². The number of aromatic nitrogens is 2. The van der Waals surface area contributed by atoms with Gasteiger partial charge in [0.25, 0.3) is 10.0 Å². The van der Waals surface area contributed by atoms with Crippen LogP contribution >= 0.6 is 0 Å². The molecule has 8 nitrogen and oxygen atoms in total. The summed E-state index contributed by atoms with van der Waals surface area (Å²) < 4.78 is 49.3. The van der Waals surface area contributed by atoms with Gasteiger partial charge in [0.2, 0.25) is 5.03 Å². The average Bonchev–Trinajstić information content (AvgIpc) is 3.28. The first-order valence-electron chi connectivity index (χ1n) is 9.88. The fraction of sp³-hybridized carbons (Fsp3) is 0.238. The highest BCUT2D eigenvalue weighted by Gasteiger charge is 2.27. The minimum Gasteiger partial charge on any atom is -0.451 e. The molecule has 1 fully saturated rings. The molecular formula is C21H19FN4O4S. The molecule has 0 spiro atoms. The second-order valence-corrected chi connectivity index (χ2v) is 8.96. The molecule has 1 amide bonds. The van der Waals surface area contributed by atoms with Crippen LogP contribution in [0.3, 0.4) is 0 Å². The van der Waals surface area contributed by atoms with Crippen molar-refractivity contribution in [1.82, 2.24) is 14.5 Å². The summed E-state index contributed by atoms with van der Waals surface area (Å²) in [6, 6.07) is 11.1. The molecule has 0 radical (unpaired) electrons. The highest BCUT2D eigenvalue weighted by Crippen LogP contribution is 2.30. The van der Waals surface area contributed by atoms with Crippen molar-refractivity contribution in [3.05, 3.63) is 54.0 Å². The number of sulfonamides is 1. The maximum absolute atomic E-state index is 14.5. The molecule has 1 aliphatic heterocycles. The third kappa shape index (κ3) is 3.23. The minimum absolute atomic E-state index is 0.118. The van der Waals surface area contributed by atoms with E-state index in [1.54, 1.807) is 35.0 Å². The third-order valence-electron chi connectivity index (χ3n) is 5.42. The normalized spacial score (nSPS) is 14.2. The van der Waals surface area contributed by atoms with Crippen LogP contribution < -0.4 is 9.62 Å². The molecule has 0 saturated carbocycles. The maximum atomic E-state index is 14.5. The van der Waals surface area contributed by atoms with Crippen molar-refractivity contribution in [3.8, 4) is 0 Å². The number of hydrogen-bond acceptors (Lipinski definition) is 6. The van der Waals surface area contributed by atoms with Crippen LogP contribution in [0.15, 0.2) is 51.9 Å². The predicted octanol–water partition coefficient (Wildman–Crippen LogP) is 3.27. The van der Waals surface area contributed by atoms with Crippen LogP contribution in [0, 0.1) is 5.82 Å². The molecule has 31 heavy (non-hydrogen) atoms. The van der Waals surface area contributed by atoms with E-state index in [4.69, 9.17) is 4.42 Å². The first-order chi connectivity index (χ1) is 14.9. The number of fused-ring (bicyclic) bond motifs is 2. The summed E-state index contributed by atoms with van der Waals surface area (Å²) in [4.78, 5) is 14.7. The molecule has 4 aromatic rings. The highest BCUT2D eigenvalue weighted by atomic mass is 32.2. The van der Waals surface area contributed by atoms with E-state index < -0.39 is 21.7 Å². The molecule has 0 aliphatic carbocycles. The monoisotopic (exact) mass is 442 g/mol. The van der Waals surface area contributed by atoms with Gasteiger partial charge >= 0.3 is 5.91 Å². The zero-order valence-corrected chi connectivity index (χ0v) is 17.4. The van der Waals surface area contributed by atoms with Gasteiger partial charge in [0.1, 0.15) is 11.4 Å². The number of halogens is 1. The molecule has 2 aromatic carbocycles. The van der Waals surface area contributed by atoms with E-state index in [1.165, 1.54) is 12.1 Å². The van der Waals surface area contributed by atoms with Gasteiger partial charge in [-0.05, 0) is 31.5 Å². The van der Waals surface area contributed by atoms with E-state index >= 15 is 0 Å². The Morgan fingerprint density at radius 1 is 1.19 bits per heavy atom. The van der Waals surface area contributed by atoms with Crippen LogP contribution in [0.5, 0.6) is 0 Å². The summed E-state index contributed by atoms with van der Waals surface area (Å²) in [6.07, 6.45) is 1.03. The number of hydrogen-bond donors (Lipinski definition) is 1. The number of anilines is 1. The van der Waals surface area contributed by atoms with Gasteiger partial charge in [-0.15, -0.1) is 0 Å². The van der Waals surface area contributed by atoms with Gasteiger partial charge in [0.05, 0.1) is 10.9 Å². The Hall–Kier alpha value is -3.40. The van der Waals surface area contributed by atoms with Crippen molar-refractivity contribution in [1.29, 1.82) is 0 Å². The van der Waals surface area contributed by atoms with Gasteiger partial charge in [-0.1, -0.05) is 12.1 Å². The Kier molecular flexibility index (Phi) is 4.47. The first-order valence-corrected chi connectivity index (χ1v) is 11.4. The van der Waals surface area contributed by atoms with Crippen molar-refractivity contribution in [3.63, 3.8) is 0 Å². The topological polar surface area (TPSA) is 97.4 Å². The number of para-hydroxylation sites is 1. The quantitative estimate of drug-likeness (QED) is 0.510. The van der Waals surface area contributed by atoms with Crippen molar-refractivity contribution in [2.45, 2.75) is 24.9 Å². The summed E-state index contributed by atoms with van der Waals surface area (Å²) in [5.41, 5.74) is 1.49. The molecular weight excluding hydrogens is 423 g/mol. The molecule has 0 unspecified atom stereocenters. The van der Waals surface area contributed by atoms with E-state index in [1.807, 2.05) is 16.5 Å². The first kappa shape index (κ1) is 19.6. The summed E-state index contributed by atoms with van der Waals surface area (Å²) in [5, 5.41) is 4.42. The van der Waals surface area contributed by atoms with Crippen molar-refractivity contribution in [2.24, 2.45) is 0 Å². The van der Waals surface area contributed by atoms with E-state index in [0.717, 1.165) is 19.5 Å². The van der Waals surface area contributed by atoms with Crippen LogP contribution in [0.2, 0.25) is 0 Å². The molecule has 10 heteroatoms. The summed E-state index contributed by atoms with van der Waals surface area (Å²) in [7, 11) is -4.28. The van der Waals surface area contributed by atoms with Gasteiger partial charge in [-0.2, -0.15) is 13.5 Å². The molecule has 2 aromatic heterocycles. The number of nitrogens with one attached hydrogen (secondary N) is 1. The summed E-state index contributed by atoms with van der Waals surface area (Å²) in [5.74, 6) is -1.81. The van der Waals surface area contributed by atoms with Crippen molar-refractivity contribution >= 4 is 43.5 Å². The molecule has 1 N–H and O–H groups in total. The summed E-state index contributed by atoms with van der Waals surface area (Å²) in [6.45, 7) is 3.96. The lowest BCUT2D eigenvalue weighted by Gasteiger charge is -2.33. The number of furan rings is 1. The lowest BCUT2D eigenvalue weighted by atomic mass is 10.1. The van der Waals surface area contributed by atoms with Crippen LogP contribution in [-0.2, 0) is 16.6 Å². The predicted molar refractivity (Wildman–Crippen MR) is 113 cm³/mol. The van der Waals surface area contributed by atoms with Crippen LogP contribution in [0.25, 0.3) is 21.9 Å². The van der Waals surface area contributed by atoms with E-state index in [9.17, 15) is 17.6 Å². The SMILES string of the molecule is CCn1nc(S(=O)(=O)NC(=O)c2cc3c(F)cc(N4CCC4)cc3o2)c2ccccc21. The Morgan fingerprint density at radius 2 is 1.97 bits per heavy atom. The Morgan fingerprint density at radius 3 is 2.68 bits per heavy atom. The number of rotatable bonds is 5. The number of benzene rings is 2. The number of carbonyl (C=O) groups excluding carboxylic acids is 1. The van der Waals surface area contributed by atoms with Gasteiger partial charge in [0.15, 0.2) is 5.76 Å². The van der Waals surface area contributed by atoms with Crippen LogP contribution in [0.4, 0.5) is 10.1 Å². The van der Waals surface area contributed by atoms with Crippen molar-refractivity contribution in [2.75, 3.05) is 18.0 Å². The molecule has 0 atom stereocenters. The standard InChI is InChI=1S/C21H19FN4O4S/c1-2-26-17-7-4-3-6-14(17)21(23-26)31(28,29)24-20(27)19-12-15-16(22)10-13(11-18(15)30-19)25-8-5-9-25/h3-4,6-7,10-12H,2,5,8-9H2,1H3,(H,24,27). The van der Waals surface area contributed by atoms with Crippen LogP contribution in [0.1, 0.15) is 23.9 Å². The smallest absolute Gasteiger partial charge is 0.300 e. The third-order valence-corrected chi connectivity index (χ3v) is 6.69. The van der Waals surface area contributed by atoms with E-state index in [-0.39, 0.29) is 21.8 Å². The van der Waals surface area contributed by atoms with Gasteiger partial charge < -0.3 is 9.32 Å². The number of amides is 1. The minimum atomic E-state index is -4.28. The zero-order chi connectivity index (χ0) is 21.8. The lowest BCUT2D eigenvalue weighted by Crippen LogP contribution is -2.36. The molecule has 1 saturated heterocycles. The molecule has 1 aliphatic rings. The number of carbonyl (C=O) groups is 1. The largest absolute Gasteiger partial charge is 0.451 e. The van der Waals surface area contributed by atoms with E-state index in [0.29, 0.717) is 23.1 Å². The Labute approximate surface area is 177 Å². The fourth-order valence-electron chi connectivity index (χ4n) is 3.71. The Bertz CT molecular complexity index is 1440. The fourth-order valence-corrected chi connectivity index (χ4v) is 4.82. The average molecular weight is 442 g/mol. The van der Waals surface area contributed by atoms with Crippen molar-refractivity contribution < 1.29 is 22.0 Å². The van der Waals surface area contributed by atoms with Gasteiger partial charge in [-0.25, -0.2) is 9.11 Å². The second-order valence-electron chi connectivity index (χ2n) is 7.36.